The van der Waals surface area contributed by atoms with E-state index in [2.05, 4.69) is 5.32 Å². The lowest BCUT2D eigenvalue weighted by molar-refractivity contribution is -0.119. The Morgan fingerprint density at radius 2 is 1.51 bits per heavy atom. The molecule has 2 aliphatic rings. The highest BCUT2D eigenvalue weighted by atomic mass is 16.5. The number of fused-ring (bicyclic) bond motifs is 4. The Bertz CT molecular complexity index is 1320. The number of ether oxygens (including phenoxy) is 3. The van der Waals surface area contributed by atoms with Crippen LogP contribution < -0.4 is 19.5 Å². The zero-order valence-corrected chi connectivity index (χ0v) is 21.5. The molecule has 0 aliphatic carbocycles. The topological polar surface area (TPSA) is 77.1 Å². The number of rotatable bonds is 8. The van der Waals surface area contributed by atoms with Crippen molar-refractivity contribution in [3.8, 4) is 17.2 Å². The zero-order chi connectivity index (χ0) is 25.9. The summed E-state index contributed by atoms with van der Waals surface area (Å²) < 4.78 is 17.5. The SMILES string of the molecule is CCOc1ccccc1NC(=O)[C@H]1c2ccccc2C(=O)N2CCc3cc(OCC)c(OCC)cc3[C@H]12. The highest BCUT2D eigenvalue weighted by molar-refractivity contribution is 6.05. The van der Waals surface area contributed by atoms with Crippen molar-refractivity contribution in [2.45, 2.75) is 39.2 Å². The minimum absolute atomic E-state index is 0.0585. The molecular weight excluding hydrogens is 468 g/mol. The van der Waals surface area contributed by atoms with Crippen LogP contribution in [-0.4, -0.2) is 43.1 Å². The maximum Gasteiger partial charge on any atom is 0.254 e. The largest absolute Gasteiger partial charge is 0.492 e. The number of carbonyl (C=O) groups excluding carboxylic acids is 2. The average Bonchev–Trinajstić information content (AvgIpc) is 2.91. The Labute approximate surface area is 217 Å². The molecule has 2 heterocycles. The third-order valence-electron chi connectivity index (χ3n) is 6.91. The van der Waals surface area contributed by atoms with Crippen molar-refractivity contribution >= 4 is 17.5 Å². The van der Waals surface area contributed by atoms with E-state index in [-0.39, 0.29) is 11.8 Å². The van der Waals surface area contributed by atoms with Crippen LogP contribution in [0.3, 0.4) is 0 Å². The Kier molecular flexibility index (Phi) is 7.04. The second kappa shape index (κ2) is 10.5. The molecule has 1 N–H and O–H groups in total. The first-order valence-corrected chi connectivity index (χ1v) is 12.9. The van der Waals surface area contributed by atoms with E-state index >= 15 is 0 Å². The van der Waals surface area contributed by atoms with Crippen LogP contribution in [0.2, 0.25) is 0 Å². The van der Waals surface area contributed by atoms with Crippen LogP contribution in [-0.2, 0) is 11.2 Å². The molecule has 7 heteroatoms. The summed E-state index contributed by atoms with van der Waals surface area (Å²) in [6.07, 6.45) is 0.674. The van der Waals surface area contributed by atoms with Crippen molar-refractivity contribution in [1.29, 1.82) is 0 Å². The van der Waals surface area contributed by atoms with Gasteiger partial charge in [0.2, 0.25) is 5.91 Å². The van der Waals surface area contributed by atoms with Gasteiger partial charge in [0.1, 0.15) is 5.75 Å². The van der Waals surface area contributed by atoms with Gasteiger partial charge in [0.15, 0.2) is 11.5 Å². The number of amides is 2. The molecule has 3 aromatic carbocycles. The van der Waals surface area contributed by atoms with E-state index in [4.69, 9.17) is 14.2 Å². The van der Waals surface area contributed by atoms with Crippen molar-refractivity contribution in [1.82, 2.24) is 4.90 Å². The van der Waals surface area contributed by atoms with Crippen molar-refractivity contribution < 1.29 is 23.8 Å². The van der Waals surface area contributed by atoms with Gasteiger partial charge >= 0.3 is 0 Å². The summed E-state index contributed by atoms with van der Waals surface area (Å²) >= 11 is 0. The minimum atomic E-state index is -0.616. The molecule has 0 saturated heterocycles. The summed E-state index contributed by atoms with van der Waals surface area (Å²) in [6, 6.07) is 18.3. The highest BCUT2D eigenvalue weighted by Crippen LogP contribution is 2.48. The second-order valence-electron chi connectivity index (χ2n) is 9.04. The Balaban J connectivity index is 1.63. The molecule has 2 atom stereocenters. The first-order valence-electron chi connectivity index (χ1n) is 12.9. The maximum atomic E-state index is 14.1. The van der Waals surface area contributed by atoms with Gasteiger partial charge in [-0.1, -0.05) is 30.3 Å². The van der Waals surface area contributed by atoms with Crippen LogP contribution in [0, 0.1) is 0 Å². The molecule has 2 aliphatic heterocycles. The molecule has 7 nitrogen and oxygen atoms in total. The number of hydrogen-bond acceptors (Lipinski definition) is 5. The van der Waals surface area contributed by atoms with Gasteiger partial charge in [-0.2, -0.15) is 0 Å². The lowest BCUT2D eigenvalue weighted by Crippen LogP contribution is -2.49. The maximum absolute atomic E-state index is 14.1. The summed E-state index contributed by atoms with van der Waals surface area (Å²) in [5, 5.41) is 3.10. The summed E-state index contributed by atoms with van der Waals surface area (Å²) in [7, 11) is 0. The molecule has 0 aromatic heterocycles. The van der Waals surface area contributed by atoms with Gasteiger partial charge in [-0.05, 0) is 74.2 Å². The molecule has 0 radical (unpaired) electrons. The molecule has 0 saturated carbocycles. The average molecular weight is 501 g/mol. The quantitative estimate of drug-likeness (QED) is 0.451. The number of carbonyl (C=O) groups is 2. The summed E-state index contributed by atoms with van der Waals surface area (Å²) in [5.41, 5.74) is 3.87. The molecule has 2 amide bonds. The van der Waals surface area contributed by atoms with Crippen LogP contribution in [0.5, 0.6) is 17.2 Å². The Morgan fingerprint density at radius 3 is 2.27 bits per heavy atom. The van der Waals surface area contributed by atoms with Gasteiger partial charge in [0.05, 0.1) is 37.5 Å². The minimum Gasteiger partial charge on any atom is -0.492 e. The van der Waals surface area contributed by atoms with E-state index in [1.165, 1.54) is 0 Å². The third kappa shape index (κ3) is 4.50. The highest BCUT2D eigenvalue weighted by Gasteiger charge is 2.46. The molecule has 0 fully saturated rings. The van der Waals surface area contributed by atoms with Crippen molar-refractivity contribution in [2.24, 2.45) is 0 Å². The standard InChI is InChI=1S/C30H32N2O5/c1-4-35-24-14-10-9-13-23(24)31-29(33)27-20-11-7-8-12-21(20)30(34)32-16-15-19-17-25(36-5-2)26(37-6-3)18-22(19)28(27)32/h7-14,17-18,27-28H,4-6,15-16H2,1-3H3,(H,31,33)/t27-,28+/m0/s1. The molecule has 3 aromatic rings. The van der Waals surface area contributed by atoms with E-state index in [9.17, 15) is 9.59 Å². The van der Waals surface area contributed by atoms with Crippen LogP contribution in [0.4, 0.5) is 5.69 Å². The van der Waals surface area contributed by atoms with Gasteiger partial charge in [-0.15, -0.1) is 0 Å². The number of para-hydroxylation sites is 2. The van der Waals surface area contributed by atoms with E-state index in [1.807, 2.05) is 86.3 Å². The molecule has 0 spiro atoms. The van der Waals surface area contributed by atoms with Crippen LogP contribution in [0.1, 0.15) is 59.8 Å². The lowest BCUT2D eigenvalue weighted by Gasteiger charge is -2.45. The van der Waals surface area contributed by atoms with Gasteiger partial charge in [-0.25, -0.2) is 0 Å². The fraction of sp³-hybridized carbons (Fsp3) is 0.333. The number of anilines is 1. The zero-order valence-electron chi connectivity index (χ0n) is 21.5. The molecule has 0 bridgehead atoms. The van der Waals surface area contributed by atoms with Crippen molar-refractivity contribution in [3.63, 3.8) is 0 Å². The Hall–Kier alpha value is -4.00. The van der Waals surface area contributed by atoms with Gasteiger partial charge in [-0.3, -0.25) is 9.59 Å². The predicted octanol–water partition coefficient (Wildman–Crippen LogP) is 5.36. The van der Waals surface area contributed by atoms with E-state index in [0.717, 1.165) is 16.7 Å². The van der Waals surface area contributed by atoms with E-state index < -0.39 is 12.0 Å². The number of nitrogens with zero attached hydrogens (tertiary/aromatic N) is 1. The fourth-order valence-corrected chi connectivity index (χ4v) is 5.42. The number of nitrogens with one attached hydrogen (secondary N) is 1. The molecule has 5 rings (SSSR count). The lowest BCUT2D eigenvalue weighted by atomic mass is 9.75. The molecule has 37 heavy (non-hydrogen) atoms. The van der Waals surface area contributed by atoms with Crippen LogP contribution in [0.15, 0.2) is 60.7 Å². The smallest absolute Gasteiger partial charge is 0.254 e. The van der Waals surface area contributed by atoms with E-state index in [0.29, 0.717) is 61.3 Å². The first kappa shape index (κ1) is 24.7. The monoisotopic (exact) mass is 500 g/mol. The predicted molar refractivity (Wildman–Crippen MR) is 142 cm³/mol. The van der Waals surface area contributed by atoms with Crippen LogP contribution >= 0.6 is 0 Å². The van der Waals surface area contributed by atoms with Crippen molar-refractivity contribution in [3.05, 3.63) is 82.9 Å². The summed E-state index contributed by atoms with van der Waals surface area (Å²) in [5.74, 6) is 1.05. The van der Waals surface area contributed by atoms with Crippen LogP contribution in [0.25, 0.3) is 0 Å². The van der Waals surface area contributed by atoms with Gasteiger partial charge < -0.3 is 24.4 Å². The number of hydrogen-bond donors (Lipinski definition) is 1. The van der Waals surface area contributed by atoms with E-state index in [1.54, 1.807) is 0 Å². The molecule has 0 unspecified atom stereocenters. The fourth-order valence-electron chi connectivity index (χ4n) is 5.42. The van der Waals surface area contributed by atoms with Gasteiger partial charge in [0.25, 0.3) is 5.91 Å². The second-order valence-corrected chi connectivity index (χ2v) is 9.04. The third-order valence-corrected chi connectivity index (χ3v) is 6.91. The normalized spacial score (nSPS) is 17.8. The molecular formula is C30H32N2O5. The molecule has 192 valence electrons. The first-order chi connectivity index (χ1) is 18.1. The van der Waals surface area contributed by atoms with Crippen molar-refractivity contribution in [2.75, 3.05) is 31.7 Å². The van der Waals surface area contributed by atoms with Gasteiger partial charge in [0, 0.05) is 12.1 Å². The Morgan fingerprint density at radius 1 is 0.865 bits per heavy atom. The summed E-state index contributed by atoms with van der Waals surface area (Å²) in [6.45, 7) is 7.77. The number of benzene rings is 3. The summed E-state index contributed by atoms with van der Waals surface area (Å²) in [4.78, 5) is 29.5.